The largest absolute Gasteiger partial charge is 0.403 e. The molecule has 1 aromatic heterocycles. The van der Waals surface area contributed by atoms with Gasteiger partial charge in [0.1, 0.15) is 18.2 Å². The Hall–Kier alpha value is -1.37. The number of likely N-dealkylation sites (tertiary alicyclic amines) is 1. The molecule has 118 valence electrons. The normalized spacial score (nSPS) is 19.2. The van der Waals surface area contributed by atoms with E-state index >= 15 is 0 Å². The SMILES string of the molecule is CC(N1CC(Nc2cc(C(C)(C)C)ncn2)C1)C(F)(F)F. The van der Waals surface area contributed by atoms with E-state index in [1.807, 2.05) is 6.07 Å². The number of alkyl halides is 3. The molecule has 1 aromatic rings. The third kappa shape index (κ3) is 3.84. The summed E-state index contributed by atoms with van der Waals surface area (Å²) in [6.45, 7) is 8.09. The van der Waals surface area contributed by atoms with Crippen LogP contribution in [0, 0.1) is 0 Å². The molecule has 1 atom stereocenters. The summed E-state index contributed by atoms with van der Waals surface area (Å²) >= 11 is 0. The maximum atomic E-state index is 12.6. The molecule has 0 spiro atoms. The van der Waals surface area contributed by atoms with Crippen molar-refractivity contribution in [2.45, 2.75) is 51.4 Å². The van der Waals surface area contributed by atoms with Gasteiger partial charge < -0.3 is 5.32 Å². The van der Waals surface area contributed by atoms with Crippen LogP contribution in [0.25, 0.3) is 0 Å². The zero-order valence-corrected chi connectivity index (χ0v) is 12.7. The second kappa shape index (κ2) is 5.44. The molecule has 0 aliphatic carbocycles. The van der Waals surface area contributed by atoms with Gasteiger partial charge in [-0.1, -0.05) is 20.8 Å². The molecule has 0 amide bonds. The molecule has 7 heteroatoms. The lowest BCUT2D eigenvalue weighted by Crippen LogP contribution is -2.61. The van der Waals surface area contributed by atoms with E-state index in [-0.39, 0.29) is 11.5 Å². The molecule has 1 saturated heterocycles. The van der Waals surface area contributed by atoms with Crippen LogP contribution in [-0.2, 0) is 5.41 Å². The molecular formula is C14H21F3N4. The number of rotatable bonds is 3. The number of hydrogen-bond donors (Lipinski definition) is 1. The first-order valence-corrected chi connectivity index (χ1v) is 6.97. The Morgan fingerprint density at radius 3 is 2.38 bits per heavy atom. The molecule has 0 aromatic carbocycles. The summed E-state index contributed by atoms with van der Waals surface area (Å²) in [6, 6.07) is 0.458. The monoisotopic (exact) mass is 302 g/mol. The van der Waals surface area contributed by atoms with Gasteiger partial charge in [-0.15, -0.1) is 0 Å². The fraction of sp³-hybridized carbons (Fsp3) is 0.714. The Kier molecular flexibility index (Phi) is 4.15. The molecule has 21 heavy (non-hydrogen) atoms. The average molecular weight is 302 g/mol. The summed E-state index contributed by atoms with van der Waals surface area (Å²) in [4.78, 5) is 9.76. The summed E-state index contributed by atoms with van der Waals surface area (Å²) in [5.41, 5.74) is 0.815. The molecule has 1 aliphatic heterocycles. The van der Waals surface area contributed by atoms with Crippen molar-refractivity contribution in [3.8, 4) is 0 Å². The first kappa shape index (κ1) is 16.0. The van der Waals surface area contributed by atoms with E-state index in [9.17, 15) is 13.2 Å². The summed E-state index contributed by atoms with van der Waals surface area (Å²) in [5, 5.41) is 3.17. The lowest BCUT2D eigenvalue weighted by molar-refractivity contribution is -0.188. The van der Waals surface area contributed by atoms with E-state index in [4.69, 9.17) is 0 Å². The third-order valence-electron chi connectivity index (χ3n) is 3.72. The van der Waals surface area contributed by atoms with Crippen LogP contribution < -0.4 is 5.32 Å². The first-order chi connectivity index (χ1) is 9.57. The lowest BCUT2D eigenvalue weighted by atomic mass is 9.92. The molecular weight excluding hydrogens is 281 g/mol. The third-order valence-corrected chi connectivity index (χ3v) is 3.72. The van der Waals surface area contributed by atoms with E-state index in [1.54, 1.807) is 0 Å². The minimum Gasteiger partial charge on any atom is -0.365 e. The highest BCUT2D eigenvalue weighted by Gasteiger charge is 2.44. The minimum absolute atomic E-state index is 0.00230. The molecule has 2 rings (SSSR count). The Balaban J connectivity index is 1.91. The molecule has 1 N–H and O–H groups in total. The van der Waals surface area contributed by atoms with E-state index in [0.29, 0.717) is 18.9 Å². The molecule has 4 nitrogen and oxygen atoms in total. The van der Waals surface area contributed by atoms with Gasteiger partial charge in [-0.3, -0.25) is 4.90 Å². The highest BCUT2D eigenvalue weighted by atomic mass is 19.4. The van der Waals surface area contributed by atoms with Crippen molar-refractivity contribution in [2.24, 2.45) is 0 Å². The number of hydrogen-bond acceptors (Lipinski definition) is 4. The topological polar surface area (TPSA) is 41.0 Å². The molecule has 2 heterocycles. The van der Waals surface area contributed by atoms with Crippen LogP contribution in [0.3, 0.4) is 0 Å². The predicted molar refractivity (Wildman–Crippen MR) is 75.2 cm³/mol. The Morgan fingerprint density at radius 1 is 1.24 bits per heavy atom. The Bertz CT molecular complexity index is 490. The van der Waals surface area contributed by atoms with Crippen LogP contribution >= 0.6 is 0 Å². The average Bonchev–Trinajstić information content (AvgIpc) is 2.30. The fourth-order valence-electron chi connectivity index (χ4n) is 2.18. The van der Waals surface area contributed by atoms with E-state index in [0.717, 1.165) is 5.69 Å². The van der Waals surface area contributed by atoms with Crippen LogP contribution in [0.5, 0.6) is 0 Å². The van der Waals surface area contributed by atoms with Crippen molar-refractivity contribution in [3.05, 3.63) is 18.1 Å². The zero-order valence-electron chi connectivity index (χ0n) is 12.7. The fourth-order valence-corrected chi connectivity index (χ4v) is 2.18. The van der Waals surface area contributed by atoms with Gasteiger partial charge in [-0.25, -0.2) is 9.97 Å². The van der Waals surface area contributed by atoms with Gasteiger partial charge >= 0.3 is 6.18 Å². The molecule has 0 saturated carbocycles. The van der Waals surface area contributed by atoms with E-state index in [2.05, 4.69) is 36.1 Å². The van der Waals surface area contributed by atoms with Gasteiger partial charge in [0.25, 0.3) is 0 Å². The first-order valence-electron chi connectivity index (χ1n) is 6.97. The number of nitrogens with one attached hydrogen (secondary N) is 1. The van der Waals surface area contributed by atoms with Crippen molar-refractivity contribution in [1.82, 2.24) is 14.9 Å². The lowest BCUT2D eigenvalue weighted by Gasteiger charge is -2.43. The van der Waals surface area contributed by atoms with Gasteiger partial charge in [0.2, 0.25) is 0 Å². The van der Waals surface area contributed by atoms with E-state index in [1.165, 1.54) is 18.2 Å². The van der Waals surface area contributed by atoms with Gasteiger partial charge in [-0.05, 0) is 6.92 Å². The van der Waals surface area contributed by atoms with Crippen molar-refractivity contribution >= 4 is 5.82 Å². The van der Waals surface area contributed by atoms with Crippen molar-refractivity contribution < 1.29 is 13.2 Å². The second-order valence-corrected chi connectivity index (χ2v) is 6.55. The Morgan fingerprint density at radius 2 is 1.86 bits per heavy atom. The van der Waals surface area contributed by atoms with Crippen molar-refractivity contribution in [3.63, 3.8) is 0 Å². The molecule has 0 radical (unpaired) electrons. The van der Waals surface area contributed by atoms with E-state index < -0.39 is 12.2 Å². The molecule has 1 aliphatic rings. The van der Waals surface area contributed by atoms with Crippen LogP contribution in [0.15, 0.2) is 12.4 Å². The summed E-state index contributed by atoms with van der Waals surface area (Å²) in [5.74, 6) is 0.666. The van der Waals surface area contributed by atoms with Crippen molar-refractivity contribution in [1.29, 1.82) is 0 Å². The van der Waals surface area contributed by atoms with Gasteiger partial charge in [0, 0.05) is 24.6 Å². The number of aromatic nitrogens is 2. The maximum absolute atomic E-state index is 12.6. The highest BCUT2D eigenvalue weighted by molar-refractivity contribution is 5.38. The smallest absolute Gasteiger partial charge is 0.365 e. The zero-order chi connectivity index (χ0) is 15.8. The summed E-state index contributed by atoms with van der Waals surface area (Å²) in [7, 11) is 0. The molecule has 1 unspecified atom stereocenters. The summed E-state index contributed by atoms with van der Waals surface area (Å²) < 4.78 is 37.7. The van der Waals surface area contributed by atoms with Crippen molar-refractivity contribution in [2.75, 3.05) is 18.4 Å². The number of anilines is 1. The molecule has 1 fully saturated rings. The van der Waals surface area contributed by atoms with Gasteiger partial charge in [0.15, 0.2) is 0 Å². The summed E-state index contributed by atoms with van der Waals surface area (Å²) in [6.07, 6.45) is -2.68. The van der Waals surface area contributed by atoms with Gasteiger partial charge in [-0.2, -0.15) is 13.2 Å². The standard InChI is InChI=1S/C14H21F3N4/c1-9(14(15,16)17)21-6-10(7-21)20-12-5-11(13(2,3)4)18-8-19-12/h5,8-10H,6-7H2,1-4H3,(H,18,19,20). The van der Waals surface area contributed by atoms with Crippen LogP contribution in [0.1, 0.15) is 33.4 Å². The van der Waals surface area contributed by atoms with Crippen LogP contribution in [0.2, 0.25) is 0 Å². The Labute approximate surface area is 122 Å². The van der Waals surface area contributed by atoms with Crippen LogP contribution in [0.4, 0.5) is 19.0 Å². The maximum Gasteiger partial charge on any atom is 0.403 e. The second-order valence-electron chi connectivity index (χ2n) is 6.55. The van der Waals surface area contributed by atoms with Gasteiger partial charge in [0.05, 0.1) is 11.7 Å². The number of nitrogens with zero attached hydrogens (tertiary/aromatic N) is 3. The number of halogens is 3. The quantitative estimate of drug-likeness (QED) is 0.932. The predicted octanol–water partition coefficient (Wildman–Crippen LogP) is 2.82. The molecule has 0 bridgehead atoms. The minimum atomic E-state index is -4.17. The van der Waals surface area contributed by atoms with Crippen LogP contribution in [-0.4, -0.2) is 46.2 Å². The highest BCUT2D eigenvalue weighted by Crippen LogP contribution is 2.29.